The van der Waals surface area contributed by atoms with E-state index in [1.807, 2.05) is 47.9 Å². The van der Waals surface area contributed by atoms with Crippen LogP contribution in [0.2, 0.25) is 0 Å². The molecule has 1 N–H and O–H groups in total. The van der Waals surface area contributed by atoms with Gasteiger partial charge in [0.25, 0.3) is 0 Å². The van der Waals surface area contributed by atoms with E-state index in [0.717, 1.165) is 28.6 Å². The van der Waals surface area contributed by atoms with Crippen LogP contribution >= 0.6 is 11.8 Å². The van der Waals surface area contributed by atoms with Crippen molar-refractivity contribution in [1.82, 2.24) is 14.8 Å². The summed E-state index contributed by atoms with van der Waals surface area (Å²) in [6.07, 6.45) is 1.61. The average molecular weight is 329 g/mol. The van der Waals surface area contributed by atoms with E-state index < -0.39 is 5.97 Å². The molecule has 0 spiro atoms. The van der Waals surface area contributed by atoms with E-state index in [-0.39, 0.29) is 5.75 Å². The number of rotatable bonds is 6. The van der Waals surface area contributed by atoms with Crippen LogP contribution in [-0.2, 0) is 11.3 Å². The molecule has 2 aromatic heterocycles. The molecule has 0 atom stereocenters. The topological polar surface area (TPSA) is 81.1 Å². The Labute approximate surface area is 137 Å². The highest BCUT2D eigenvalue weighted by molar-refractivity contribution is 7.99. The third kappa shape index (κ3) is 3.62. The molecule has 23 heavy (non-hydrogen) atoms. The molecule has 0 amide bonds. The fourth-order valence-corrected chi connectivity index (χ4v) is 2.80. The maximum absolute atomic E-state index is 10.8. The number of aliphatic carboxylic acids is 1. The van der Waals surface area contributed by atoms with Gasteiger partial charge in [0.05, 0.1) is 18.6 Å². The van der Waals surface area contributed by atoms with Crippen molar-refractivity contribution < 1.29 is 14.3 Å². The summed E-state index contributed by atoms with van der Waals surface area (Å²) in [6, 6.07) is 11.6. The second-order valence-corrected chi connectivity index (χ2v) is 5.96. The van der Waals surface area contributed by atoms with Gasteiger partial charge in [0.2, 0.25) is 0 Å². The van der Waals surface area contributed by atoms with Crippen molar-refractivity contribution in [3.8, 4) is 11.4 Å². The number of nitrogens with zero attached hydrogens (tertiary/aromatic N) is 3. The summed E-state index contributed by atoms with van der Waals surface area (Å²) in [6.45, 7) is 2.47. The lowest BCUT2D eigenvalue weighted by molar-refractivity contribution is -0.133. The SMILES string of the molecule is Cc1ccc(-c2nnc(SCC(=O)O)n2Cc2ccco2)cc1. The largest absolute Gasteiger partial charge is 0.481 e. The van der Waals surface area contributed by atoms with Gasteiger partial charge in [-0.3, -0.25) is 9.36 Å². The molecule has 0 fully saturated rings. The first kappa shape index (κ1) is 15.4. The van der Waals surface area contributed by atoms with Crippen molar-refractivity contribution in [2.45, 2.75) is 18.6 Å². The Balaban J connectivity index is 1.97. The number of thioether (sulfide) groups is 1. The van der Waals surface area contributed by atoms with E-state index in [4.69, 9.17) is 9.52 Å². The summed E-state index contributed by atoms with van der Waals surface area (Å²) in [5.41, 5.74) is 2.09. The smallest absolute Gasteiger partial charge is 0.313 e. The first-order valence-electron chi connectivity index (χ1n) is 7.00. The van der Waals surface area contributed by atoms with Crippen LogP contribution in [0, 0.1) is 6.92 Å². The molecule has 118 valence electrons. The van der Waals surface area contributed by atoms with E-state index in [1.165, 1.54) is 0 Å². The minimum Gasteiger partial charge on any atom is -0.481 e. The van der Waals surface area contributed by atoms with E-state index in [1.54, 1.807) is 6.26 Å². The summed E-state index contributed by atoms with van der Waals surface area (Å²) in [5, 5.41) is 17.8. The van der Waals surface area contributed by atoms with Gasteiger partial charge in [-0.2, -0.15) is 0 Å². The second kappa shape index (κ2) is 6.70. The lowest BCUT2D eigenvalue weighted by Gasteiger charge is -2.08. The van der Waals surface area contributed by atoms with Crippen LogP contribution < -0.4 is 0 Å². The fraction of sp³-hybridized carbons (Fsp3) is 0.188. The highest BCUT2D eigenvalue weighted by Crippen LogP contribution is 2.25. The number of aryl methyl sites for hydroxylation is 1. The van der Waals surface area contributed by atoms with Crippen LogP contribution in [0.3, 0.4) is 0 Å². The third-order valence-corrected chi connectivity index (χ3v) is 4.20. The van der Waals surface area contributed by atoms with Crippen LogP contribution in [0.15, 0.2) is 52.2 Å². The first-order valence-corrected chi connectivity index (χ1v) is 7.99. The molecule has 3 aromatic rings. The van der Waals surface area contributed by atoms with Gasteiger partial charge in [0.15, 0.2) is 11.0 Å². The monoisotopic (exact) mass is 329 g/mol. The van der Waals surface area contributed by atoms with Gasteiger partial charge in [0, 0.05) is 5.56 Å². The number of hydrogen-bond donors (Lipinski definition) is 1. The zero-order chi connectivity index (χ0) is 16.2. The van der Waals surface area contributed by atoms with E-state index in [2.05, 4.69) is 10.2 Å². The molecule has 0 saturated heterocycles. The van der Waals surface area contributed by atoms with Crippen LogP contribution in [0.25, 0.3) is 11.4 Å². The number of furan rings is 1. The van der Waals surface area contributed by atoms with Crippen LogP contribution in [0.5, 0.6) is 0 Å². The van der Waals surface area contributed by atoms with Gasteiger partial charge in [-0.15, -0.1) is 10.2 Å². The van der Waals surface area contributed by atoms with Crippen molar-refractivity contribution in [3.05, 3.63) is 54.0 Å². The molecule has 0 radical (unpaired) electrons. The summed E-state index contributed by atoms with van der Waals surface area (Å²) < 4.78 is 7.27. The molecular formula is C16H15N3O3S. The van der Waals surface area contributed by atoms with Gasteiger partial charge >= 0.3 is 5.97 Å². The average Bonchev–Trinajstić information content (AvgIpc) is 3.17. The molecule has 0 aliphatic carbocycles. The van der Waals surface area contributed by atoms with E-state index >= 15 is 0 Å². The van der Waals surface area contributed by atoms with Crippen molar-refractivity contribution >= 4 is 17.7 Å². The molecule has 0 saturated carbocycles. The summed E-state index contributed by atoms with van der Waals surface area (Å²) >= 11 is 1.14. The zero-order valence-corrected chi connectivity index (χ0v) is 13.3. The first-order chi connectivity index (χ1) is 11.1. The van der Waals surface area contributed by atoms with Gasteiger partial charge in [-0.25, -0.2) is 0 Å². The molecule has 0 unspecified atom stereocenters. The van der Waals surface area contributed by atoms with Crippen LogP contribution in [0.4, 0.5) is 0 Å². The quantitative estimate of drug-likeness (QED) is 0.700. The maximum Gasteiger partial charge on any atom is 0.313 e. The van der Waals surface area contributed by atoms with Crippen LogP contribution in [0.1, 0.15) is 11.3 Å². The Morgan fingerprint density at radius 3 is 2.70 bits per heavy atom. The standard InChI is InChI=1S/C16H15N3O3S/c1-11-4-6-12(7-5-11)15-17-18-16(23-10-14(20)21)19(15)9-13-3-2-8-22-13/h2-8H,9-10H2,1H3,(H,20,21). The maximum atomic E-state index is 10.8. The number of carbonyl (C=O) groups is 1. The highest BCUT2D eigenvalue weighted by atomic mass is 32.2. The molecule has 0 aliphatic heterocycles. The zero-order valence-electron chi connectivity index (χ0n) is 12.5. The Morgan fingerprint density at radius 2 is 2.04 bits per heavy atom. The normalized spacial score (nSPS) is 10.8. The number of carboxylic acids is 1. The molecule has 3 rings (SSSR count). The van der Waals surface area contributed by atoms with Gasteiger partial charge < -0.3 is 9.52 Å². The number of carboxylic acid groups (broad SMARTS) is 1. The Hall–Kier alpha value is -2.54. The third-order valence-electron chi connectivity index (χ3n) is 3.25. The van der Waals surface area contributed by atoms with Crippen molar-refractivity contribution in [3.63, 3.8) is 0 Å². The lowest BCUT2D eigenvalue weighted by Crippen LogP contribution is -2.05. The number of aromatic nitrogens is 3. The predicted octanol–water partition coefficient (Wildman–Crippen LogP) is 3.07. The Morgan fingerprint density at radius 1 is 1.26 bits per heavy atom. The summed E-state index contributed by atoms with van der Waals surface area (Å²) in [5.74, 6) is 0.494. The Bertz CT molecular complexity index is 795. The summed E-state index contributed by atoms with van der Waals surface area (Å²) in [4.78, 5) is 10.8. The van der Waals surface area contributed by atoms with Crippen LogP contribution in [-0.4, -0.2) is 31.6 Å². The van der Waals surface area contributed by atoms with Gasteiger partial charge in [0.1, 0.15) is 5.76 Å². The minimum absolute atomic E-state index is 0.0653. The number of hydrogen-bond acceptors (Lipinski definition) is 5. The molecule has 2 heterocycles. The predicted molar refractivity (Wildman–Crippen MR) is 86.4 cm³/mol. The van der Waals surface area contributed by atoms with E-state index in [9.17, 15) is 4.79 Å². The van der Waals surface area contributed by atoms with Gasteiger partial charge in [-0.1, -0.05) is 41.6 Å². The Kier molecular flexibility index (Phi) is 4.47. The molecule has 1 aromatic carbocycles. The molecule has 7 heteroatoms. The number of benzene rings is 1. The van der Waals surface area contributed by atoms with E-state index in [0.29, 0.717) is 17.5 Å². The molecule has 0 aliphatic rings. The fourth-order valence-electron chi connectivity index (χ4n) is 2.14. The van der Waals surface area contributed by atoms with Crippen molar-refractivity contribution in [2.24, 2.45) is 0 Å². The molecular weight excluding hydrogens is 314 g/mol. The van der Waals surface area contributed by atoms with Crippen molar-refractivity contribution in [2.75, 3.05) is 5.75 Å². The molecule has 6 nitrogen and oxygen atoms in total. The summed E-state index contributed by atoms with van der Waals surface area (Å²) in [7, 11) is 0. The van der Waals surface area contributed by atoms with Crippen molar-refractivity contribution in [1.29, 1.82) is 0 Å². The highest BCUT2D eigenvalue weighted by Gasteiger charge is 2.16. The van der Waals surface area contributed by atoms with Gasteiger partial charge in [-0.05, 0) is 19.1 Å². The second-order valence-electron chi connectivity index (χ2n) is 5.02. The minimum atomic E-state index is -0.889. The lowest BCUT2D eigenvalue weighted by atomic mass is 10.1. The molecule has 0 bridgehead atoms.